The Balaban J connectivity index is 0.000000758. The number of aliphatic carboxylic acids is 1. The number of halogens is 6. The predicted octanol–water partition coefficient (Wildman–Crippen LogP) is 1.08. The number of nitrogens with one attached hydrogen (secondary N) is 1. The molecule has 14 heteroatoms. The maximum Gasteiger partial charge on any atom is 0.490 e. The largest absolute Gasteiger partial charge is 0.490 e. The molecule has 1 amide bonds. The van der Waals surface area contributed by atoms with Gasteiger partial charge in [0.05, 0.1) is 11.6 Å². The van der Waals surface area contributed by atoms with Crippen LogP contribution >= 0.6 is 0 Å². The second-order valence-corrected chi connectivity index (χ2v) is 4.69. The van der Waals surface area contributed by atoms with Crippen molar-refractivity contribution in [1.29, 1.82) is 0 Å². The molecule has 1 unspecified atom stereocenters. The van der Waals surface area contributed by atoms with Crippen molar-refractivity contribution in [2.75, 3.05) is 5.32 Å². The first-order valence-electron chi connectivity index (χ1n) is 6.54. The third-order valence-corrected chi connectivity index (χ3v) is 2.50. The van der Waals surface area contributed by atoms with E-state index in [4.69, 9.17) is 25.7 Å². The minimum atomic E-state index is -5.08. The molecular formula is C12H13BF6N2O5. The van der Waals surface area contributed by atoms with Crippen LogP contribution < -0.4 is 11.1 Å². The van der Waals surface area contributed by atoms with Crippen molar-refractivity contribution in [3.63, 3.8) is 0 Å². The highest BCUT2D eigenvalue weighted by Gasteiger charge is 2.38. The van der Waals surface area contributed by atoms with E-state index in [0.717, 1.165) is 18.2 Å². The van der Waals surface area contributed by atoms with E-state index < -0.39 is 49.3 Å². The summed E-state index contributed by atoms with van der Waals surface area (Å²) >= 11 is 0. The van der Waals surface area contributed by atoms with Crippen molar-refractivity contribution in [1.82, 2.24) is 0 Å². The second kappa shape index (κ2) is 9.40. The molecular weight excluding hydrogens is 377 g/mol. The molecule has 6 N–H and O–H groups in total. The molecule has 146 valence electrons. The van der Waals surface area contributed by atoms with Gasteiger partial charge in [-0.25, -0.2) is 4.79 Å². The minimum absolute atomic E-state index is 0.0669. The Labute approximate surface area is 142 Å². The smallest absolute Gasteiger partial charge is 0.475 e. The number of carbonyl (C=O) groups excluding carboxylic acids is 1. The highest BCUT2D eigenvalue weighted by atomic mass is 19.4. The molecule has 26 heavy (non-hydrogen) atoms. The molecule has 1 atom stereocenters. The van der Waals surface area contributed by atoms with E-state index in [1.54, 1.807) is 0 Å². The Hall–Kier alpha value is -2.32. The van der Waals surface area contributed by atoms with E-state index in [1.165, 1.54) is 6.07 Å². The van der Waals surface area contributed by atoms with Crippen molar-refractivity contribution in [2.24, 2.45) is 5.73 Å². The molecule has 0 saturated heterocycles. The molecule has 0 spiro atoms. The second-order valence-electron chi connectivity index (χ2n) is 4.69. The zero-order valence-corrected chi connectivity index (χ0v) is 12.7. The van der Waals surface area contributed by atoms with E-state index in [-0.39, 0.29) is 5.69 Å². The van der Waals surface area contributed by atoms with Crippen molar-refractivity contribution in [3.8, 4) is 0 Å². The summed E-state index contributed by atoms with van der Waals surface area (Å²) in [6.45, 7) is 0. The number of hydrogen-bond acceptors (Lipinski definition) is 5. The van der Waals surface area contributed by atoms with Gasteiger partial charge in [0, 0.05) is 12.0 Å². The van der Waals surface area contributed by atoms with Crippen molar-refractivity contribution in [2.45, 2.75) is 24.7 Å². The number of amides is 1. The number of carboxylic acid groups (broad SMARTS) is 1. The number of benzene rings is 1. The number of rotatable bonds is 4. The lowest BCUT2D eigenvalue weighted by atomic mass is 9.82. The number of carbonyl (C=O) groups is 2. The molecule has 0 bridgehead atoms. The molecule has 0 aliphatic carbocycles. The lowest BCUT2D eigenvalue weighted by molar-refractivity contribution is -0.192. The van der Waals surface area contributed by atoms with Crippen molar-refractivity contribution < 1.29 is 51.1 Å². The molecule has 0 aromatic heterocycles. The number of alkyl halides is 6. The normalized spacial score (nSPS) is 12.5. The minimum Gasteiger partial charge on any atom is -0.475 e. The van der Waals surface area contributed by atoms with E-state index in [1.807, 2.05) is 0 Å². The zero-order chi connectivity index (χ0) is 20.7. The summed E-state index contributed by atoms with van der Waals surface area (Å²) in [6, 6.07) is 2.82. The van der Waals surface area contributed by atoms with Crippen LogP contribution in [0.25, 0.3) is 0 Å². The molecule has 1 aromatic carbocycles. The molecule has 0 radical (unpaired) electrons. The van der Waals surface area contributed by atoms with Gasteiger partial charge in [0.2, 0.25) is 5.91 Å². The fourth-order valence-electron chi connectivity index (χ4n) is 1.34. The third kappa shape index (κ3) is 9.24. The lowest BCUT2D eigenvalue weighted by Crippen LogP contribution is -2.39. The SMILES string of the molecule is NC(CB(O)O)C(=O)Nc1cccc(C(F)(F)F)c1.O=C(O)C(F)(F)F. The molecule has 7 nitrogen and oxygen atoms in total. The summed E-state index contributed by atoms with van der Waals surface area (Å²) in [6.07, 6.45) is -10.0. The summed E-state index contributed by atoms with van der Waals surface area (Å²) in [5.74, 6) is -3.56. The van der Waals surface area contributed by atoms with Gasteiger partial charge >= 0.3 is 25.4 Å². The van der Waals surface area contributed by atoms with Gasteiger partial charge in [0.15, 0.2) is 0 Å². The summed E-state index contributed by atoms with van der Waals surface area (Å²) in [5, 5.41) is 26.6. The van der Waals surface area contributed by atoms with Crippen molar-refractivity contribution in [3.05, 3.63) is 29.8 Å². The monoisotopic (exact) mass is 390 g/mol. The first kappa shape index (κ1) is 23.7. The van der Waals surface area contributed by atoms with E-state index in [0.29, 0.717) is 0 Å². The molecule has 1 aromatic rings. The quantitative estimate of drug-likeness (QED) is 0.386. The van der Waals surface area contributed by atoms with Crippen LogP contribution in [-0.2, 0) is 15.8 Å². The summed E-state index contributed by atoms with van der Waals surface area (Å²) in [7, 11) is -1.76. The number of hydrogen-bond donors (Lipinski definition) is 5. The van der Waals surface area contributed by atoms with Gasteiger partial charge in [-0.15, -0.1) is 0 Å². The number of nitrogens with two attached hydrogens (primary N) is 1. The molecule has 0 heterocycles. The van der Waals surface area contributed by atoms with Crippen LogP contribution in [0.15, 0.2) is 24.3 Å². The Morgan fingerprint density at radius 1 is 1.15 bits per heavy atom. The summed E-state index contributed by atoms with van der Waals surface area (Å²) in [5.41, 5.74) is 4.37. The van der Waals surface area contributed by atoms with Gasteiger partial charge < -0.3 is 26.2 Å². The molecule has 0 aliphatic heterocycles. The maximum atomic E-state index is 12.4. The summed E-state index contributed by atoms with van der Waals surface area (Å²) in [4.78, 5) is 20.4. The Morgan fingerprint density at radius 3 is 2.04 bits per heavy atom. The molecule has 0 saturated carbocycles. The fourth-order valence-corrected chi connectivity index (χ4v) is 1.34. The van der Waals surface area contributed by atoms with Gasteiger partial charge in [-0.2, -0.15) is 26.3 Å². The molecule has 1 rings (SSSR count). The van der Waals surface area contributed by atoms with Gasteiger partial charge in [-0.3, -0.25) is 4.79 Å². The van der Waals surface area contributed by atoms with Crippen LogP contribution in [0, 0.1) is 0 Å². The van der Waals surface area contributed by atoms with Gasteiger partial charge in [0.1, 0.15) is 0 Å². The van der Waals surface area contributed by atoms with Gasteiger partial charge in [0.25, 0.3) is 0 Å². The number of carboxylic acids is 1. The predicted molar refractivity (Wildman–Crippen MR) is 76.7 cm³/mol. The fraction of sp³-hybridized carbons (Fsp3) is 0.333. The van der Waals surface area contributed by atoms with Crippen LogP contribution in [0.1, 0.15) is 5.56 Å². The van der Waals surface area contributed by atoms with E-state index >= 15 is 0 Å². The zero-order valence-electron chi connectivity index (χ0n) is 12.7. The summed E-state index contributed by atoms with van der Waals surface area (Å²) < 4.78 is 69.0. The first-order valence-corrected chi connectivity index (χ1v) is 6.54. The van der Waals surface area contributed by atoms with Gasteiger partial charge in [-0.1, -0.05) is 6.07 Å². The van der Waals surface area contributed by atoms with Crippen LogP contribution in [0.3, 0.4) is 0 Å². The van der Waals surface area contributed by atoms with Crippen molar-refractivity contribution >= 4 is 24.7 Å². The molecule has 0 fully saturated rings. The van der Waals surface area contributed by atoms with Crippen LogP contribution in [0.5, 0.6) is 0 Å². The topological polar surface area (TPSA) is 133 Å². The Bertz CT molecular complexity index is 623. The maximum absolute atomic E-state index is 12.4. The highest BCUT2D eigenvalue weighted by molar-refractivity contribution is 6.42. The van der Waals surface area contributed by atoms with Crippen LogP contribution in [-0.4, -0.2) is 46.4 Å². The lowest BCUT2D eigenvalue weighted by Gasteiger charge is -2.13. The van der Waals surface area contributed by atoms with Gasteiger partial charge in [-0.05, 0) is 18.2 Å². The number of anilines is 1. The Kier molecular flexibility index (Phi) is 8.56. The highest BCUT2D eigenvalue weighted by Crippen LogP contribution is 2.30. The average Bonchev–Trinajstić information content (AvgIpc) is 2.45. The van der Waals surface area contributed by atoms with E-state index in [2.05, 4.69) is 5.32 Å². The van der Waals surface area contributed by atoms with E-state index in [9.17, 15) is 31.1 Å². The first-order chi connectivity index (χ1) is 11.6. The third-order valence-electron chi connectivity index (χ3n) is 2.50. The molecule has 0 aliphatic rings. The standard InChI is InChI=1S/C10H12BF3N2O3.C2HF3O2/c12-10(13,14)6-2-1-3-7(4-6)16-9(17)8(15)5-11(18)19;3-2(4,5)1(6)7/h1-4,8,18-19H,5,15H2,(H,16,17);(H,6,7). The Morgan fingerprint density at radius 2 is 1.65 bits per heavy atom. The van der Waals surface area contributed by atoms with Crippen LogP contribution in [0.2, 0.25) is 6.32 Å². The average molecular weight is 390 g/mol. The van der Waals surface area contributed by atoms with Crippen LogP contribution in [0.4, 0.5) is 32.0 Å².